The van der Waals surface area contributed by atoms with Crippen molar-refractivity contribution in [2.24, 2.45) is 0 Å². The fourth-order valence-corrected chi connectivity index (χ4v) is 10.1. The summed E-state index contributed by atoms with van der Waals surface area (Å²) in [6, 6.07) is 6.18. The highest BCUT2D eigenvalue weighted by molar-refractivity contribution is 9.10. The summed E-state index contributed by atoms with van der Waals surface area (Å²) >= 11 is 4.08. The molecule has 0 aromatic carbocycles. The molecule has 3 aromatic rings. The molecule has 0 radical (unpaired) electrons. The maximum atomic E-state index is 13.5. The topological polar surface area (TPSA) is 124 Å². The number of carbonyl (C=O) groups excluding carboxylic acids is 2. The number of hydrogen-bond acceptors (Lipinski definition) is 10. The Hall–Kier alpha value is -3.06. The van der Waals surface area contributed by atoms with E-state index in [9.17, 15) is 9.59 Å². The Labute approximate surface area is 362 Å². The number of hydrogen-bond donors (Lipinski definition) is 0. The summed E-state index contributed by atoms with van der Waals surface area (Å²) in [5, 5.41) is 4.98. The van der Waals surface area contributed by atoms with Crippen molar-refractivity contribution in [1.82, 2.24) is 24.5 Å². The third-order valence-electron chi connectivity index (χ3n) is 10.9. The molecule has 2 aliphatic heterocycles. The lowest BCUT2D eigenvalue weighted by Gasteiger charge is -2.39. The Kier molecular flexibility index (Phi) is 13.7. The fourth-order valence-electron chi connectivity index (χ4n) is 7.76. The number of nitrogens with zero attached hydrogens (tertiary/aromatic N) is 7. The maximum absolute atomic E-state index is 13.5. The van der Waals surface area contributed by atoms with Crippen molar-refractivity contribution < 1.29 is 28.5 Å². The van der Waals surface area contributed by atoms with Crippen molar-refractivity contribution >= 4 is 61.5 Å². The number of aromatic nitrogens is 4. The van der Waals surface area contributed by atoms with E-state index in [1.54, 1.807) is 11.1 Å². The van der Waals surface area contributed by atoms with Gasteiger partial charge in [0, 0.05) is 70.7 Å². The Morgan fingerprint density at radius 3 is 1.90 bits per heavy atom. The number of rotatable bonds is 15. The van der Waals surface area contributed by atoms with Gasteiger partial charge in [0.05, 0.1) is 16.4 Å². The van der Waals surface area contributed by atoms with Gasteiger partial charge in [-0.25, -0.2) is 19.6 Å². The minimum Gasteiger partial charge on any atom is -0.444 e. The summed E-state index contributed by atoms with van der Waals surface area (Å²) in [6.45, 7) is 27.5. The van der Waals surface area contributed by atoms with Crippen molar-refractivity contribution in [3.05, 3.63) is 34.7 Å². The largest absolute Gasteiger partial charge is 0.444 e. The molecule has 1 aliphatic carbocycles. The number of ether oxygens (including phenoxy) is 4. The first-order valence-corrected chi connectivity index (χ1v) is 29.7. The molecule has 0 N–H and O–H groups in total. The number of piperidine rings is 1. The first-order chi connectivity index (χ1) is 27.5. The van der Waals surface area contributed by atoms with E-state index in [4.69, 9.17) is 34.0 Å². The summed E-state index contributed by atoms with van der Waals surface area (Å²) in [7, 11) is -2.65. The molecule has 3 fully saturated rings. The predicted molar refractivity (Wildman–Crippen MR) is 243 cm³/mol. The zero-order valence-electron chi connectivity index (χ0n) is 37.6. The van der Waals surface area contributed by atoms with Crippen LogP contribution in [0.25, 0.3) is 16.8 Å². The molecule has 2 bridgehead atoms. The zero-order chi connectivity index (χ0) is 43.1. The summed E-state index contributed by atoms with van der Waals surface area (Å²) in [5.74, 6) is 1.45. The Balaban J connectivity index is 1.39. The maximum Gasteiger partial charge on any atom is 0.416 e. The van der Waals surface area contributed by atoms with Gasteiger partial charge >= 0.3 is 12.2 Å². The van der Waals surface area contributed by atoms with E-state index >= 15 is 0 Å². The van der Waals surface area contributed by atoms with Crippen LogP contribution in [0.4, 0.5) is 21.2 Å². The number of halogens is 1. The van der Waals surface area contributed by atoms with E-state index in [0.29, 0.717) is 38.1 Å². The Morgan fingerprint density at radius 1 is 0.831 bits per heavy atom. The lowest BCUT2D eigenvalue weighted by Crippen LogP contribution is -2.48. The van der Waals surface area contributed by atoms with Gasteiger partial charge in [-0.2, -0.15) is 9.61 Å². The number of pyridine rings is 1. The van der Waals surface area contributed by atoms with E-state index in [0.717, 1.165) is 77.7 Å². The molecule has 2 saturated heterocycles. The van der Waals surface area contributed by atoms with Crippen LogP contribution in [0.2, 0.25) is 51.4 Å². The molecule has 16 heteroatoms. The lowest BCUT2D eigenvalue weighted by atomic mass is 9.88. The molecule has 3 atom stereocenters. The van der Waals surface area contributed by atoms with Gasteiger partial charge in [-0.15, -0.1) is 0 Å². The van der Waals surface area contributed by atoms with Crippen LogP contribution >= 0.6 is 15.9 Å². The summed E-state index contributed by atoms with van der Waals surface area (Å²) in [5.41, 5.74) is 2.10. The van der Waals surface area contributed by atoms with E-state index in [2.05, 4.69) is 60.1 Å². The second-order valence-electron chi connectivity index (χ2n) is 21.1. The summed E-state index contributed by atoms with van der Waals surface area (Å²) in [4.78, 5) is 42.8. The van der Waals surface area contributed by atoms with Gasteiger partial charge in [0.15, 0.2) is 11.5 Å². The number of amides is 2. The quantitative estimate of drug-likeness (QED) is 0.0827. The molecule has 0 spiro atoms. The summed E-state index contributed by atoms with van der Waals surface area (Å²) < 4.78 is 27.3. The third kappa shape index (κ3) is 11.9. The first kappa shape index (κ1) is 45.5. The second-order valence-corrected chi connectivity index (χ2v) is 33.1. The Morgan fingerprint density at radius 2 is 1.41 bits per heavy atom. The van der Waals surface area contributed by atoms with Gasteiger partial charge in [0.25, 0.3) is 0 Å². The van der Waals surface area contributed by atoms with Crippen LogP contribution < -0.4 is 9.80 Å². The van der Waals surface area contributed by atoms with E-state index in [-0.39, 0.29) is 36.2 Å². The highest BCUT2D eigenvalue weighted by Gasteiger charge is 2.46. The van der Waals surface area contributed by atoms with E-state index < -0.39 is 27.3 Å². The molecule has 1 unspecified atom stereocenters. The van der Waals surface area contributed by atoms with Crippen LogP contribution in [0, 0.1) is 0 Å². The Bertz CT molecular complexity index is 1910. The monoisotopic (exact) mass is 913 g/mol. The second kappa shape index (κ2) is 17.7. The minimum atomic E-state index is -1.33. The molecule has 3 aromatic heterocycles. The van der Waals surface area contributed by atoms with Crippen LogP contribution in [0.5, 0.6) is 0 Å². The SMILES string of the molecule is CC(C)(C)OC(=O)N(c1ccc(-c2cnn3c(N(COCC[Si](C)(C)C)COCC[Si](C)(C)C)c(Br)c(C4C[C@H]5CC[C@@H](C4)N5C(=O)OC(C)(C)C)nc23)cn1)C1CC1. The van der Waals surface area contributed by atoms with Gasteiger partial charge in [0.2, 0.25) is 0 Å². The van der Waals surface area contributed by atoms with Gasteiger partial charge < -0.3 is 28.7 Å². The van der Waals surface area contributed by atoms with E-state index in [1.807, 2.05) is 69.3 Å². The standard InChI is InChI=1S/C43H68BrN7O6Si2/c1-42(2,3)56-40(52)49-32-16-17-33(49)24-30(23-32)37-36(44)39(48(27-54-19-21-58(7,8)9)28-55-20-22-59(10,11)12)51-38(47-37)34(26-46-51)29-13-18-35(45-25-29)50(31-14-15-31)41(53)57-43(4,5)6/h13,18,25-26,30-33H,14-17,19-24,27-28H2,1-12H3/t30?,32-,33+. The molecule has 2 amide bonds. The third-order valence-corrected chi connectivity index (χ3v) is 15.1. The van der Waals surface area contributed by atoms with Gasteiger partial charge in [-0.3, -0.25) is 4.90 Å². The number of fused-ring (bicyclic) bond motifs is 3. The highest BCUT2D eigenvalue weighted by atomic mass is 79.9. The molecular weight excluding hydrogens is 847 g/mol. The lowest BCUT2D eigenvalue weighted by molar-refractivity contribution is 0.00564. The minimum absolute atomic E-state index is 0.0633. The average Bonchev–Trinajstić information content (AvgIpc) is 3.78. The molecule has 59 heavy (non-hydrogen) atoms. The summed E-state index contributed by atoms with van der Waals surface area (Å²) in [6.07, 6.45) is 8.28. The van der Waals surface area contributed by atoms with E-state index in [1.165, 1.54) is 0 Å². The highest BCUT2D eigenvalue weighted by Crippen LogP contribution is 2.47. The van der Waals surface area contributed by atoms with Crippen molar-refractivity contribution in [2.45, 2.75) is 167 Å². The molecule has 5 heterocycles. The van der Waals surface area contributed by atoms with Crippen molar-refractivity contribution in [2.75, 3.05) is 36.5 Å². The van der Waals surface area contributed by atoms with Crippen molar-refractivity contribution in [3.8, 4) is 11.1 Å². The van der Waals surface area contributed by atoms with Gasteiger partial charge in [-0.1, -0.05) is 39.3 Å². The molecule has 1 saturated carbocycles. The molecule has 3 aliphatic rings. The van der Waals surface area contributed by atoms with Crippen LogP contribution in [0.15, 0.2) is 29.0 Å². The van der Waals surface area contributed by atoms with Crippen molar-refractivity contribution in [3.63, 3.8) is 0 Å². The number of anilines is 2. The average molecular weight is 915 g/mol. The fraction of sp³-hybridized carbons (Fsp3) is 0.698. The molecule has 326 valence electrons. The van der Waals surface area contributed by atoms with Crippen LogP contribution in [-0.4, -0.2) is 109 Å². The van der Waals surface area contributed by atoms with Crippen LogP contribution in [0.3, 0.4) is 0 Å². The van der Waals surface area contributed by atoms with Gasteiger partial charge in [0.1, 0.15) is 30.5 Å². The predicted octanol–water partition coefficient (Wildman–Crippen LogP) is 10.5. The molecular formula is C43H68BrN7O6Si2. The first-order valence-electron chi connectivity index (χ1n) is 21.5. The zero-order valence-corrected chi connectivity index (χ0v) is 41.1. The number of carbonyl (C=O) groups is 2. The van der Waals surface area contributed by atoms with Crippen molar-refractivity contribution in [1.29, 1.82) is 0 Å². The molecule has 13 nitrogen and oxygen atoms in total. The normalized spacial score (nSPS) is 19.9. The van der Waals surface area contributed by atoms with Crippen LogP contribution in [0.1, 0.15) is 91.7 Å². The van der Waals surface area contributed by atoms with Gasteiger partial charge in [-0.05, 0) is 120 Å². The van der Waals surface area contributed by atoms with Crippen LogP contribution in [-0.2, 0) is 18.9 Å². The smallest absolute Gasteiger partial charge is 0.416 e. The molecule has 6 rings (SSSR count).